The van der Waals surface area contributed by atoms with Crippen molar-refractivity contribution in [2.45, 2.75) is 33.0 Å². The van der Waals surface area contributed by atoms with Gasteiger partial charge >= 0.3 is 0 Å². The van der Waals surface area contributed by atoms with Crippen molar-refractivity contribution in [3.63, 3.8) is 0 Å². The van der Waals surface area contributed by atoms with Gasteiger partial charge in [-0.2, -0.15) is 0 Å². The van der Waals surface area contributed by atoms with Crippen molar-refractivity contribution in [1.29, 1.82) is 0 Å². The second-order valence-corrected chi connectivity index (χ2v) is 3.47. The van der Waals surface area contributed by atoms with Gasteiger partial charge in [-0.1, -0.05) is 6.92 Å². The first-order valence-corrected chi connectivity index (χ1v) is 5.15. The van der Waals surface area contributed by atoms with E-state index in [1.165, 1.54) is 0 Å². The number of hydrogen-bond acceptors (Lipinski definition) is 3. The summed E-state index contributed by atoms with van der Waals surface area (Å²) in [4.78, 5) is 0. The maximum Gasteiger partial charge on any atom is 0.128 e. The van der Waals surface area contributed by atoms with Gasteiger partial charge in [0.1, 0.15) is 11.5 Å². The third-order valence-corrected chi connectivity index (χ3v) is 2.35. The molecule has 15 heavy (non-hydrogen) atoms. The second-order valence-electron chi connectivity index (χ2n) is 3.47. The zero-order valence-electron chi connectivity index (χ0n) is 9.49. The van der Waals surface area contributed by atoms with Crippen LogP contribution in [0, 0.1) is 0 Å². The highest BCUT2D eigenvalue weighted by Gasteiger charge is 2.07. The SMILES string of the molecule is CCC(C)Oc1cc(OC)ccc1CO. The predicted molar refractivity (Wildman–Crippen MR) is 59.3 cm³/mol. The largest absolute Gasteiger partial charge is 0.497 e. The van der Waals surface area contributed by atoms with E-state index in [0.717, 1.165) is 17.7 Å². The van der Waals surface area contributed by atoms with Crippen LogP contribution >= 0.6 is 0 Å². The Labute approximate surface area is 90.6 Å². The van der Waals surface area contributed by atoms with E-state index >= 15 is 0 Å². The number of aliphatic hydroxyl groups is 1. The molecular weight excluding hydrogens is 192 g/mol. The lowest BCUT2D eigenvalue weighted by Crippen LogP contribution is -2.11. The number of aliphatic hydroxyl groups excluding tert-OH is 1. The van der Waals surface area contributed by atoms with Crippen LogP contribution in [0.4, 0.5) is 0 Å². The van der Waals surface area contributed by atoms with Gasteiger partial charge in [-0.25, -0.2) is 0 Å². The zero-order chi connectivity index (χ0) is 11.3. The van der Waals surface area contributed by atoms with E-state index in [2.05, 4.69) is 6.92 Å². The topological polar surface area (TPSA) is 38.7 Å². The van der Waals surface area contributed by atoms with E-state index in [0.29, 0.717) is 5.75 Å². The van der Waals surface area contributed by atoms with Crippen molar-refractivity contribution >= 4 is 0 Å². The average Bonchev–Trinajstić information content (AvgIpc) is 2.28. The highest BCUT2D eigenvalue weighted by molar-refractivity contribution is 5.40. The zero-order valence-corrected chi connectivity index (χ0v) is 9.49. The summed E-state index contributed by atoms with van der Waals surface area (Å²) in [5.74, 6) is 1.44. The van der Waals surface area contributed by atoms with Crippen LogP contribution in [0.25, 0.3) is 0 Å². The fourth-order valence-corrected chi connectivity index (χ4v) is 1.20. The van der Waals surface area contributed by atoms with Crippen LogP contribution in [-0.2, 0) is 6.61 Å². The van der Waals surface area contributed by atoms with Gasteiger partial charge in [-0.15, -0.1) is 0 Å². The van der Waals surface area contributed by atoms with Crippen LogP contribution < -0.4 is 9.47 Å². The molecule has 0 radical (unpaired) electrons. The fourth-order valence-electron chi connectivity index (χ4n) is 1.20. The van der Waals surface area contributed by atoms with Crippen molar-refractivity contribution in [2.75, 3.05) is 7.11 Å². The van der Waals surface area contributed by atoms with Crippen molar-refractivity contribution in [1.82, 2.24) is 0 Å². The van der Waals surface area contributed by atoms with Crippen molar-refractivity contribution in [3.05, 3.63) is 23.8 Å². The minimum atomic E-state index is -0.0181. The van der Waals surface area contributed by atoms with Crippen LogP contribution in [0.3, 0.4) is 0 Å². The molecule has 1 aromatic rings. The number of hydrogen-bond donors (Lipinski definition) is 1. The number of ether oxygens (including phenoxy) is 2. The Morgan fingerprint density at radius 3 is 2.67 bits per heavy atom. The Hall–Kier alpha value is -1.22. The summed E-state index contributed by atoms with van der Waals surface area (Å²) in [5.41, 5.74) is 0.788. The molecule has 0 aromatic heterocycles. The summed E-state index contributed by atoms with van der Waals surface area (Å²) in [6.45, 7) is 4.04. The second kappa shape index (κ2) is 5.61. The van der Waals surface area contributed by atoms with E-state index in [9.17, 15) is 0 Å². The predicted octanol–water partition coefficient (Wildman–Crippen LogP) is 2.36. The Balaban J connectivity index is 2.90. The lowest BCUT2D eigenvalue weighted by atomic mass is 10.2. The first-order valence-electron chi connectivity index (χ1n) is 5.15. The van der Waals surface area contributed by atoms with Crippen LogP contribution in [0.1, 0.15) is 25.8 Å². The monoisotopic (exact) mass is 210 g/mol. The van der Waals surface area contributed by atoms with Crippen molar-refractivity contribution in [2.24, 2.45) is 0 Å². The third kappa shape index (κ3) is 3.13. The van der Waals surface area contributed by atoms with E-state index in [4.69, 9.17) is 14.6 Å². The molecule has 84 valence electrons. The van der Waals surface area contributed by atoms with E-state index in [-0.39, 0.29) is 12.7 Å². The van der Waals surface area contributed by atoms with Crippen LogP contribution in [0.15, 0.2) is 18.2 Å². The highest BCUT2D eigenvalue weighted by atomic mass is 16.5. The summed E-state index contributed by atoms with van der Waals surface area (Å²) in [5, 5.41) is 9.15. The summed E-state index contributed by atoms with van der Waals surface area (Å²) in [7, 11) is 1.61. The standard InChI is InChI=1S/C12H18O3/c1-4-9(2)15-12-7-11(14-3)6-5-10(12)8-13/h5-7,9,13H,4,8H2,1-3H3. The molecule has 0 aliphatic rings. The maximum absolute atomic E-state index is 9.15. The van der Waals surface area contributed by atoms with Gasteiger partial charge in [0, 0.05) is 11.6 Å². The molecule has 1 N–H and O–H groups in total. The minimum Gasteiger partial charge on any atom is -0.497 e. The van der Waals surface area contributed by atoms with Crippen LogP contribution in [-0.4, -0.2) is 18.3 Å². The third-order valence-electron chi connectivity index (χ3n) is 2.35. The summed E-state index contributed by atoms with van der Waals surface area (Å²) in [6, 6.07) is 5.43. The molecule has 1 atom stereocenters. The number of rotatable bonds is 5. The number of benzene rings is 1. The van der Waals surface area contributed by atoms with Crippen molar-refractivity contribution < 1.29 is 14.6 Å². The lowest BCUT2D eigenvalue weighted by molar-refractivity contribution is 0.205. The number of methoxy groups -OCH3 is 1. The fraction of sp³-hybridized carbons (Fsp3) is 0.500. The highest BCUT2D eigenvalue weighted by Crippen LogP contribution is 2.26. The molecule has 1 aromatic carbocycles. The van der Waals surface area contributed by atoms with Gasteiger partial charge in [0.2, 0.25) is 0 Å². The normalized spacial score (nSPS) is 12.3. The molecule has 3 nitrogen and oxygen atoms in total. The van der Waals surface area contributed by atoms with E-state index in [1.54, 1.807) is 13.2 Å². The van der Waals surface area contributed by atoms with Crippen LogP contribution in [0.2, 0.25) is 0 Å². The molecule has 0 aliphatic carbocycles. The molecule has 0 saturated carbocycles. The molecule has 0 spiro atoms. The Bertz CT molecular complexity index is 310. The molecule has 0 fully saturated rings. The molecule has 0 heterocycles. The maximum atomic E-state index is 9.15. The molecule has 0 amide bonds. The Kier molecular flexibility index (Phi) is 4.43. The van der Waals surface area contributed by atoms with Gasteiger partial charge in [0.15, 0.2) is 0 Å². The minimum absolute atomic E-state index is 0.0181. The first-order chi connectivity index (χ1) is 7.21. The van der Waals surface area contributed by atoms with Crippen molar-refractivity contribution in [3.8, 4) is 11.5 Å². The van der Waals surface area contributed by atoms with Gasteiger partial charge in [0.25, 0.3) is 0 Å². The molecule has 0 bridgehead atoms. The smallest absolute Gasteiger partial charge is 0.128 e. The van der Waals surface area contributed by atoms with Gasteiger partial charge in [-0.3, -0.25) is 0 Å². The van der Waals surface area contributed by atoms with Gasteiger partial charge < -0.3 is 14.6 Å². The molecule has 1 rings (SSSR count). The summed E-state index contributed by atoms with van der Waals surface area (Å²) >= 11 is 0. The van der Waals surface area contributed by atoms with Gasteiger partial charge in [-0.05, 0) is 25.5 Å². The molecule has 3 heteroatoms. The quantitative estimate of drug-likeness (QED) is 0.810. The Morgan fingerprint density at radius 2 is 2.13 bits per heavy atom. The summed E-state index contributed by atoms with van der Waals surface area (Å²) < 4.78 is 10.8. The van der Waals surface area contributed by atoms with Crippen LogP contribution in [0.5, 0.6) is 11.5 Å². The molecule has 0 aliphatic heterocycles. The first kappa shape index (κ1) is 11.9. The molecular formula is C12H18O3. The van der Waals surface area contributed by atoms with E-state index in [1.807, 2.05) is 19.1 Å². The summed E-state index contributed by atoms with van der Waals surface area (Å²) in [6.07, 6.45) is 1.07. The van der Waals surface area contributed by atoms with E-state index < -0.39 is 0 Å². The molecule has 1 unspecified atom stereocenters. The average molecular weight is 210 g/mol. The lowest BCUT2D eigenvalue weighted by Gasteiger charge is -2.16. The van der Waals surface area contributed by atoms with Gasteiger partial charge in [0.05, 0.1) is 19.8 Å². The Morgan fingerprint density at radius 1 is 1.40 bits per heavy atom. The molecule has 0 saturated heterocycles.